The number of aliphatic hydroxyl groups is 1. The molecule has 0 spiro atoms. The molecule has 514 valence electrons. The molecule has 2 aromatic heterocycles. The number of amides is 3. The molecule has 0 bridgehead atoms. The average Bonchev–Trinajstić information content (AvgIpc) is 1.51. The number of rotatable bonds is 37. The van der Waals surface area contributed by atoms with E-state index in [0.717, 1.165) is 47.8 Å². The van der Waals surface area contributed by atoms with Crippen LogP contribution in [0.5, 0.6) is 0 Å². The summed E-state index contributed by atoms with van der Waals surface area (Å²) in [6.07, 6.45) is 8.55. The first-order valence-electron chi connectivity index (χ1n) is 32.2. The Labute approximate surface area is 562 Å². The Morgan fingerprint density at radius 2 is 1.44 bits per heavy atom. The van der Waals surface area contributed by atoms with E-state index in [9.17, 15) is 48.3 Å². The number of halogens is 1. The van der Waals surface area contributed by atoms with Gasteiger partial charge in [0.05, 0.1) is 101 Å². The SMILES string of the molecule is CCC(=O)CNC(=O)CCC(=O)CCOCCOCCOCCOCCCC(=O)COC1C#CCCCCC1.CC[C@@]1(O)C(=O)OCc2c1cc1n(c2=O)Cc2c-1nc1cc(F)c(C)c3c1c2[C@@H](NC(=O)COCCC(=O)CNC(=O)[C@@H](C)Cc1ccccc1)CC3.S.S. The third-order valence-electron chi connectivity index (χ3n) is 16.6. The topological polar surface area (TPSA) is 292 Å². The van der Waals surface area contributed by atoms with E-state index in [1.165, 1.54) is 17.1 Å². The number of aryl methyl sites for hydroxylation is 1. The Balaban J connectivity index is 0.000000351. The molecule has 2 aliphatic carbocycles. The van der Waals surface area contributed by atoms with Crippen LogP contribution < -0.4 is 21.5 Å². The lowest BCUT2D eigenvalue weighted by molar-refractivity contribution is -0.172. The number of carbonyl (C=O) groups is 8. The molecule has 94 heavy (non-hydrogen) atoms. The van der Waals surface area contributed by atoms with E-state index in [1.807, 2.05) is 30.3 Å². The normalized spacial score (nSPS) is 16.9. The number of Topliss-reactive ketones (excluding diaryl/α,β-unsaturated/α-hetero) is 4. The number of benzene rings is 2. The van der Waals surface area contributed by atoms with Gasteiger partial charge in [-0.25, -0.2) is 14.2 Å². The van der Waals surface area contributed by atoms with Crippen LogP contribution in [-0.2, 0) is 103 Å². The standard InChI is InChI=1S/C40H41FN4O8.C29H47NO9.2H2S/c1-4-40(51)28-15-32-36-26(18-45(32)38(49)27(28)19-53-39(40)50)35-30(11-10-25-22(3)29(41)16-31(44-36)34(25)35)43-33(47)20-52-13-12-24(46)17-42-37(48)21(2)14-23-8-6-5-7-9-23;1-2-25(31)23-30-29(34)13-12-26(32)14-16-36-18-20-38-22-21-37-19-17-35-15-8-9-27(33)24-39-28-10-6-4-3-5-7-11-28;;/h5-9,15-16,21,30,51H,4,10-14,17-20H2,1-3H3,(H,42,48)(H,43,47);28H,2-6,8-10,12-24H2,1H3,(H,30,34);2*1H2/t21-,30-,40-;;;/m0.../s1. The maximum Gasteiger partial charge on any atom is 0.343 e. The maximum atomic E-state index is 15.2. The number of nitrogens with zero attached hydrogens (tertiary/aromatic N) is 2. The summed E-state index contributed by atoms with van der Waals surface area (Å²) in [6.45, 7) is 9.73. The third kappa shape index (κ3) is 22.7. The average molecular weight is 1350 g/mol. The number of carbonyl (C=O) groups excluding carboxylic acids is 8. The highest BCUT2D eigenvalue weighted by atomic mass is 32.1. The number of ether oxygens (including phenoxy) is 7. The van der Waals surface area contributed by atoms with Gasteiger partial charge in [-0.05, 0) is 86.6 Å². The van der Waals surface area contributed by atoms with Crippen LogP contribution in [0.3, 0.4) is 0 Å². The molecule has 0 saturated carbocycles. The summed E-state index contributed by atoms with van der Waals surface area (Å²) in [5.74, 6) is 3.50. The number of nitrogens with one attached hydrogen (secondary N) is 3. The van der Waals surface area contributed by atoms with Crippen LogP contribution in [0.25, 0.3) is 22.3 Å². The van der Waals surface area contributed by atoms with E-state index in [2.05, 4.69) is 27.8 Å². The molecule has 0 saturated heterocycles. The van der Waals surface area contributed by atoms with Crippen molar-refractivity contribution in [2.24, 2.45) is 5.92 Å². The quantitative estimate of drug-likeness (QED) is 0.0190. The van der Waals surface area contributed by atoms with Crippen molar-refractivity contribution in [1.82, 2.24) is 25.5 Å². The number of ketones is 4. The molecule has 4 aliphatic rings. The zero-order chi connectivity index (χ0) is 66.0. The summed E-state index contributed by atoms with van der Waals surface area (Å²) in [4.78, 5) is 116. The van der Waals surface area contributed by atoms with Crippen LogP contribution in [0.15, 0.2) is 47.3 Å². The van der Waals surface area contributed by atoms with Gasteiger partial charge in [0.15, 0.2) is 23.0 Å². The lowest BCUT2D eigenvalue weighted by Gasteiger charge is -2.31. The van der Waals surface area contributed by atoms with Crippen molar-refractivity contribution in [3.8, 4) is 23.2 Å². The maximum absolute atomic E-state index is 15.2. The van der Waals surface area contributed by atoms with Gasteiger partial charge in [0.25, 0.3) is 5.56 Å². The molecule has 0 radical (unpaired) electrons. The predicted octanol–water partition coefficient (Wildman–Crippen LogP) is 6.42. The molecule has 4 N–H and O–H groups in total. The van der Waals surface area contributed by atoms with Crippen LogP contribution in [-0.4, -0.2) is 153 Å². The van der Waals surface area contributed by atoms with E-state index in [-0.39, 0.29) is 170 Å². The van der Waals surface area contributed by atoms with Gasteiger partial charge in [0, 0.05) is 80.1 Å². The summed E-state index contributed by atoms with van der Waals surface area (Å²) >= 11 is 0. The Morgan fingerprint density at radius 1 is 0.755 bits per heavy atom. The van der Waals surface area contributed by atoms with E-state index in [1.54, 1.807) is 33.8 Å². The van der Waals surface area contributed by atoms with Gasteiger partial charge in [-0.15, -0.1) is 5.92 Å². The lowest BCUT2D eigenvalue weighted by Crippen LogP contribution is -2.44. The molecule has 1 unspecified atom stereocenters. The Morgan fingerprint density at radius 3 is 2.15 bits per heavy atom. The van der Waals surface area contributed by atoms with Gasteiger partial charge in [-0.2, -0.15) is 27.0 Å². The minimum Gasteiger partial charge on any atom is -0.458 e. The summed E-state index contributed by atoms with van der Waals surface area (Å²) < 4.78 is 54.9. The molecule has 25 heteroatoms. The highest BCUT2D eigenvalue weighted by Gasteiger charge is 2.46. The zero-order valence-corrected chi connectivity index (χ0v) is 56.4. The van der Waals surface area contributed by atoms with Crippen molar-refractivity contribution in [3.05, 3.63) is 97.6 Å². The minimum absolute atomic E-state index is 0. The molecule has 0 fully saturated rings. The smallest absolute Gasteiger partial charge is 0.343 e. The van der Waals surface area contributed by atoms with Crippen LogP contribution in [0.1, 0.15) is 156 Å². The summed E-state index contributed by atoms with van der Waals surface area (Å²) in [7, 11) is 0. The highest BCUT2D eigenvalue weighted by Crippen LogP contribution is 2.46. The van der Waals surface area contributed by atoms with Crippen molar-refractivity contribution < 1.29 is 81.0 Å². The van der Waals surface area contributed by atoms with E-state index in [4.69, 9.17) is 38.1 Å². The number of pyridine rings is 2. The van der Waals surface area contributed by atoms with Crippen molar-refractivity contribution >= 4 is 84.7 Å². The monoisotopic (exact) mass is 1350 g/mol. The summed E-state index contributed by atoms with van der Waals surface area (Å²) in [5, 5.41) is 20.2. The molecule has 8 rings (SSSR count). The lowest BCUT2D eigenvalue weighted by atomic mass is 9.81. The minimum atomic E-state index is -2.00. The van der Waals surface area contributed by atoms with Gasteiger partial charge in [0.2, 0.25) is 17.7 Å². The number of fused-ring (bicyclic) bond motifs is 5. The second-order valence-corrected chi connectivity index (χ2v) is 23.4. The summed E-state index contributed by atoms with van der Waals surface area (Å²) in [5.41, 5.74) is 2.84. The first-order chi connectivity index (χ1) is 44.4. The third-order valence-corrected chi connectivity index (χ3v) is 16.6. The second-order valence-electron chi connectivity index (χ2n) is 23.4. The molecule has 4 atom stereocenters. The zero-order valence-electron chi connectivity index (χ0n) is 54.4. The van der Waals surface area contributed by atoms with Gasteiger partial charge in [-0.1, -0.05) is 63.4 Å². The van der Waals surface area contributed by atoms with E-state index >= 15 is 4.39 Å². The molecule has 2 aliphatic heterocycles. The molecular weight excluding hydrogens is 1250 g/mol. The number of hydrogen-bond acceptors (Lipinski definition) is 18. The molecule has 4 aromatic rings. The molecular formula is C69H92FN5O17S2. The summed E-state index contributed by atoms with van der Waals surface area (Å²) in [6, 6.07) is 12.1. The van der Waals surface area contributed by atoms with Crippen LogP contribution >= 0.6 is 27.0 Å². The molecule has 2 aromatic carbocycles. The molecule has 3 amide bonds. The van der Waals surface area contributed by atoms with Crippen LogP contribution in [0.2, 0.25) is 0 Å². The van der Waals surface area contributed by atoms with Gasteiger partial charge >= 0.3 is 5.97 Å². The molecule has 4 heterocycles. The molecule has 22 nitrogen and oxygen atoms in total. The van der Waals surface area contributed by atoms with Crippen LogP contribution in [0, 0.1) is 30.5 Å². The van der Waals surface area contributed by atoms with Crippen LogP contribution in [0.4, 0.5) is 4.39 Å². The Hall–Kier alpha value is -6.73. The first kappa shape index (κ1) is 78.0. The number of cyclic esters (lactones) is 1. The van der Waals surface area contributed by atoms with Crippen molar-refractivity contribution in [3.63, 3.8) is 0 Å². The van der Waals surface area contributed by atoms with Gasteiger partial charge in [0.1, 0.15) is 37.5 Å². The fourth-order valence-electron chi connectivity index (χ4n) is 11.3. The van der Waals surface area contributed by atoms with Crippen molar-refractivity contribution in [2.75, 3.05) is 85.8 Å². The van der Waals surface area contributed by atoms with E-state index < -0.39 is 34.9 Å². The fourth-order valence-corrected chi connectivity index (χ4v) is 11.3. The van der Waals surface area contributed by atoms with E-state index in [0.29, 0.717) is 113 Å². The van der Waals surface area contributed by atoms with Gasteiger partial charge in [-0.3, -0.25) is 38.4 Å². The van der Waals surface area contributed by atoms with Crippen molar-refractivity contribution in [1.29, 1.82) is 0 Å². The Bertz CT molecular complexity index is 3390. The number of hydrogen-bond donors (Lipinski definition) is 4. The predicted molar refractivity (Wildman–Crippen MR) is 357 cm³/mol. The first-order valence-corrected chi connectivity index (χ1v) is 32.2. The van der Waals surface area contributed by atoms with Gasteiger partial charge < -0.3 is 58.8 Å². The second kappa shape index (κ2) is 40.0. The Kier molecular flexibility index (Phi) is 33.2. The van der Waals surface area contributed by atoms with Crippen molar-refractivity contribution in [2.45, 2.75) is 161 Å². The number of esters is 1. The largest absolute Gasteiger partial charge is 0.458 e. The fraction of sp³-hybridized carbons (Fsp3) is 0.565. The number of aromatic nitrogens is 2. The highest BCUT2D eigenvalue weighted by molar-refractivity contribution is 7.59.